The molecule has 0 spiro atoms. The first-order chi connectivity index (χ1) is 12.7. The van der Waals surface area contributed by atoms with Gasteiger partial charge < -0.3 is 10.1 Å². The van der Waals surface area contributed by atoms with Crippen LogP contribution in [-0.4, -0.2) is 50.4 Å². The highest BCUT2D eigenvalue weighted by Gasteiger charge is 2.20. The van der Waals surface area contributed by atoms with Crippen LogP contribution in [0.4, 0.5) is 5.69 Å². The van der Waals surface area contributed by atoms with Gasteiger partial charge in [0.15, 0.2) is 5.78 Å². The lowest BCUT2D eigenvalue weighted by molar-refractivity contribution is -0.116. The number of rotatable bonds is 6. The number of carbonyl (C=O) groups excluding carboxylic acids is 2. The number of hydrogen-bond acceptors (Lipinski definition) is 7. The van der Waals surface area contributed by atoms with E-state index in [1.54, 1.807) is 16.8 Å². The van der Waals surface area contributed by atoms with Crippen molar-refractivity contribution in [1.29, 1.82) is 0 Å². The molecule has 1 fully saturated rings. The Morgan fingerprint density at radius 3 is 3.15 bits per heavy atom. The van der Waals surface area contributed by atoms with Gasteiger partial charge in [-0.1, -0.05) is 11.8 Å². The number of Topliss-reactive ketones (excluding diaryl/α,β-unsaturated/α-hetero) is 1. The van der Waals surface area contributed by atoms with E-state index >= 15 is 0 Å². The standard InChI is InChI=1S/C17H19N5O3S/c23-15(12-3-5-14-11(8-12)4-6-16(24)18-14)10-26-17-19-20-21-22(17)9-13-2-1-7-25-13/h3,5,8,13H,1-2,4,6-7,9-10H2,(H,18,24)/t13-/m1/s1. The predicted octanol–water partition coefficient (Wildman–Crippen LogP) is 1.71. The number of nitrogens with one attached hydrogen (secondary N) is 1. The van der Waals surface area contributed by atoms with Gasteiger partial charge in [-0.15, -0.1) is 5.10 Å². The minimum absolute atomic E-state index is 0.0152. The highest BCUT2D eigenvalue weighted by atomic mass is 32.2. The molecule has 2 aromatic rings. The molecule has 0 bridgehead atoms. The molecule has 0 unspecified atom stereocenters. The molecule has 1 aromatic heterocycles. The normalized spacial score (nSPS) is 19.2. The SMILES string of the molecule is O=C1CCc2cc(C(=O)CSc3nnnn3C[C@H]3CCCO3)ccc2N1. The first kappa shape index (κ1) is 17.2. The number of ketones is 1. The van der Waals surface area contributed by atoms with Gasteiger partial charge in [0.05, 0.1) is 18.4 Å². The highest BCUT2D eigenvalue weighted by Crippen LogP contribution is 2.25. The van der Waals surface area contributed by atoms with Crippen LogP contribution in [0, 0.1) is 0 Å². The number of tetrazole rings is 1. The fourth-order valence-corrected chi connectivity index (χ4v) is 3.95. The van der Waals surface area contributed by atoms with E-state index in [9.17, 15) is 9.59 Å². The summed E-state index contributed by atoms with van der Waals surface area (Å²) in [4.78, 5) is 24.0. The molecule has 1 amide bonds. The number of benzene rings is 1. The van der Waals surface area contributed by atoms with Crippen molar-refractivity contribution in [3.8, 4) is 0 Å². The number of thioether (sulfide) groups is 1. The van der Waals surface area contributed by atoms with Crippen LogP contribution in [0.15, 0.2) is 23.4 Å². The summed E-state index contributed by atoms with van der Waals surface area (Å²) in [5.41, 5.74) is 2.44. The van der Waals surface area contributed by atoms with Gasteiger partial charge in [-0.25, -0.2) is 4.68 Å². The van der Waals surface area contributed by atoms with E-state index in [1.807, 2.05) is 6.07 Å². The van der Waals surface area contributed by atoms with Gasteiger partial charge in [0.1, 0.15) is 0 Å². The van der Waals surface area contributed by atoms with Crippen molar-refractivity contribution in [1.82, 2.24) is 20.2 Å². The molecule has 1 N–H and O–H groups in total. The average molecular weight is 373 g/mol. The van der Waals surface area contributed by atoms with Crippen LogP contribution in [0.3, 0.4) is 0 Å². The molecule has 0 radical (unpaired) electrons. The number of carbonyl (C=O) groups is 2. The van der Waals surface area contributed by atoms with Gasteiger partial charge in [-0.05, 0) is 53.5 Å². The minimum Gasteiger partial charge on any atom is -0.376 e. The highest BCUT2D eigenvalue weighted by molar-refractivity contribution is 7.99. The number of nitrogens with zero attached hydrogens (tertiary/aromatic N) is 4. The second-order valence-corrected chi connectivity index (χ2v) is 7.35. The third-order valence-corrected chi connectivity index (χ3v) is 5.51. The summed E-state index contributed by atoms with van der Waals surface area (Å²) in [6.45, 7) is 1.40. The topological polar surface area (TPSA) is 99.0 Å². The summed E-state index contributed by atoms with van der Waals surface area (Å²) >= 11 is 1.33. The molecule has 1 saturated heterocycles. The van der Waals surface area contributed by atoms with Crippen LogP contribution < -0.4 is 5.32 Å². The molecule has 136 valence electrons. The molecule has 2 aliphatic rings. The molecule has 2 aliphatic heterocycles. The smallest absolute Gasteiger partial charge is 0.224 e. The molecule has 1 aromatic carbocycles. The fourth-order valence-electron chi connectivity index (χ4n) is 3.17. The number of aromatic nitrogens is 4. The van der Waals surface area contributed by atoms with Gasteiger partial charge in [0, 0.05) is 24.3 Å². The number of amides is 1. The molecule has 0 saturated carbocycles. The molecular weight excluding hydrogens is 354 g/mol. The maximum Gasteiger partial charge on any atom is 0.224 e. The Hall–Kier alpha value is -2.26. The average Bonchev–Trinajstić information content (AvgIpc) is 3.31. The number of anilines is 1. The Morgan fingerprint density at radius 2 is 2.31 bits per heavy atom. The lowest BCUT2D eigenvalue weighted by Gasteiger charge is -2.17. The summed E-state index contributed by atoms with van der Waals surface area (Å²) in [6.07, 6.45) is 3.33. The van der Waals surface area contributed by atoms with E-state index < -0.39 is 0 Å². The maximum absolute atomic E-state index is 12.5. The Bertz CT molecular complexity index is 832. The largest absolute Gasteiger partial charge is 0.376 e. The molecule has 8 nitrogen and oxygen atoms in total. The van der Waals surface area contributed by atoms with E-state index in [2.05, 4.69) is 20.8 Å². The monoisotopic (exact) mass is 373 g/mol. The Labute approximate surface area is 154 Å². The van der Waals surface area contributed by atoms with Crippen molar-refractivity contribution in [3.63, 3.8) is 0 Å². The quantitative estimate of drug-likeness (QED) is 0.608. The summed E-state index contributed by atoms with van der Waals surface area (Å²) in [5.74, 6) is 0.295. The number of fused-ring (bicyclic) bond motifs is 1. The molecular formula is C17H19N5O3S. The van der Waals surface area contributed by atoms with Gasteiger partial charge in [-0.2, -0.15) is 0 Å². The van der Waals surface area contributed by atoms with Crippen LogP contribution in [0.2, 0.25) is 0 Å². The number of hydrogen-bond donors (Lipinski definition) is 1. The molecule has 0 aliphatic carbocycles. The van der Waals surface area contributed by atoms with Gasteiger partial charge in [0.2, 0.25) is 11.1 Å². The third kappa shape index (κ3) is 3.78. The van der Waals surface area contributed by atoms with Gasteiger partial charge in [-0.3, -0.25) is 9.59 Å². The lowest BCUT2D eigenvalue weighted by atomic mass is 9.99. The zero-order chi connectivity index (χ0) is 17.9. The van der Waals surface area contributed by atoms with E-state index in [4.69, 9.17) is 4.74 Å². The number of aryl methyl sites for hydroxylation is 1. The molecule has 4 rings (SSSR count). The Kier molecular flexibility index (Phi) is 4.98. The van der Waals surface area contributed by atoms with E-state index in [1.165, 1.54) is 11.8 Å². The van der Waals surface area contributed by atoms with Crippen molar-refractivity contribution >= 4 is 29.1 Å². The minimum atomic E-state index is 0.0152. The van der Waals surface area contributed by atoms with Gasteiger partial charge >= 0.3 is 0 Å². The molecule has 1 atom stereocenters. The van der Waals surface area contributed by atoms with Crippen molar-refractivity contribution < 1.29 is 14.3 Å². The molecule has 26 heavy (non-hydrogen) atoms. The summed E-state index contributed by atoms with van der Waals surface area (Å²) in [5, 5.41) is 15.2. The van der Waals surface area contributed by atoms with Crippen molar-refractivity contribution in [2.24, 2.45) is 0 Å². The van der Waals surface area contributed by atoms with Crippen LogP contribution in [0.25, 0.3) is 0 Å². The third-order valence-electron chi connectivity index (χ3n) is 4.55. The van der Waals surface area contributed by atoms with Crippen molar-refractivity contribution in [3.05, 3.63) is 29.3 Å². The van der Waals surface area contributed by atoms with Crippen LogP contribution in [0.1, 0.15) is 35.2 Å². The Balaban J connectivity index is 1.38. The first-order valence-electron chi connectivity index (χ1n) is 8.65. The summed E-state index contributed by atoms with van der Waals surface area (Å²) < 4.78 is 7.32. The van der Waals surface area contributed by atoms with E-state index in [0.717, 1.165) is 30.7 Å². The second-order valence-electron chi connectivity index (χ2n) is 6.41. The van der Waals surface area contributed by atoms with E-state index in [0.29, 0.717) is 30.1 Å². The van der Waals surface area contributed by atoms with Crippen molar-refractivity contribution in [2.75, 3.05) is 17.7 Å². The summed E-state index contributed by atoms with van der Waals surface area (Å²) in [6, 6.07) is 5.42. The maximum atomic E-state index is 12.5. The van der Waals surface area contributed by atoms with Crippen LogP contribution >= 0.6 is 11.8 Å². The first-order valence-corrected chi connectivity index (χ1v) is 9.64. The Morgan fingerprint density at radius 1 is 1.38 bits per heavy atom. The second kappa shape index (κ2) is 7.55. The van der Waals surface area contributed by atoms with Gasteiger partial charge in [0.25, 0.3) is 0 Å². The molecule has 3 heterocycles. The van der Waals surface area contributed by atoms with Crippen LogP contribution in [-0.2, 0) is 22.5 Å². The molecule has 9 heteroatoms. The zero-order valence-electron chi connectivity index (χ0n) is 14.2. The lowest BCUT2D eigenvalue weighted by Crippen LogP contribution is -2.19. The fraction of sp³-hybridized carbons (Fsp3) is 0.471. The van der Waals surface area contributed by atoms with Crippen LogP contribution in [0.5, 0.6) is 0 Å². The summed E-state index contributed by atoms with van der Waals surface area (Å²) in [7, 11) is 0. The number of ether oxygens (including phenoxy) is 1. The van der Waals surface area contributed by atoms with Crippen molar-refractivity contribution in [2.45, 2.75) is 43.5 Å². The van der Waals surface area contributed by atoms with E-state index in [-0.39, 0.29) is 23.5 Å². The zero-order valence-corrected chi connectivity index (χ0v) is 15.0. The predicted molar refractivity (Wildman–Crippen MR) is 95.2 cm³/mol.